The van der Waals surface area contributed by atoms with E-state index in [4.69, 9.17) is 4.74 Å². The normalized spacial score (nSPS) is 24.4. The maximum Gasteiger partial charge on any atom is 0.255 e. The van der Waals surface area contributed by atoms with Crippen LogP contribution in [0.4, 0.5) is 0 Å². The minimum atomic E-state index is 0.251. The lowest BCUT2D eigenvalue weighted by atomic mass is 9.83. The van der Waals surface area contributed by atoms with E-state index < -0.39 is 0 Å². The average molecular weight is 409 g/mol. The van der Waals surface area contributed by atoms with Crippen molar-refractivity contribution in [2.24, 2.45) is 5.92 Å². The molecule has 2 atom stereocenters. The summed E-state index contributed by atoms with van der Waals surface area (Å²) in [5.41, 5.74) is 3.67. The van der Waals surface area contributed by atoms with Crippen LogP contribution < -0.4 is 10.3 Å². The second-order valence-corrected chi connectivity index (χ2v) is 9.24. The van der Waals surface area contributed by atoms with Gasteiger partial charge >= 0.3 is 0 Å². The Kier molecular flexibility index (Phi) is 5.61. The summed E-state index contributed by atoms with van der Waals surface area (Å²) in [7, 11) is 1.64. The summed E-state index contributed by atoms with van der Waals surface area (Å²) in [6.07, 6.45) is 6.95. The standard InChI is InChI=1S/C24H32N4O2/c1-30-23-8-5-18(12-25-23)13-27-14-19-11-21(17-27)22-7-6-20(24(29)28(22)15-19)16-26-9-3-2-4-10-26/h5-8,12,19,21H,2-4,9-11,13-17H2,1H3/t19-,21+/m0/s1. The molecule has 2 aromatic rings. The number of piperidine rings is 2. The van der Waals surface area contributed by atoms with Gasteiger partial charge in [0.1, 0.15) is 0 Å². The zero-order chi connectivity index (χ0) is 20.5. The fraction of sp³-hybridized carbons (Fsp3) is 0.583. The fourth-order valence-corrected chi connectivity index (χ4v) is 5.58. The summed E-state index contributed by atoms with van der Waals surface area (Å²) in [5.74, 6) is 1.65. The SMILES string of the molecule is COc1ccc(CN2C[C@@H]3C[C@H](C2)c2ccc(CN4CCCCC4)c(=O)n2C3)cn1. The van der Waals surface area contributed by atoms with Crippen LogP contribution in [-0.2, 0) is 19.6 Å². The molecule has 160 valence electrons. The molecule has 3 aliphatic rings. The van der Waals surface area contributed by atoms with Crippen LogP contribution in [0.15, 0.2) is 35.3 Å². The highest BCUT2D eigenvalue weighted by atomic mass is 16.5. The van der Waals surface area contributed by atoms with Gasteiger partial charge in [0.2, 0.25) is 5.88 Å². The third-order valence-corrected chi connectivity index (χ3v) is 7.01. The zero-order valence-corrected chi connectivity index (χ0v) is 17.9. The van der Waals surface area contributed by atoms with Crippen LogP contribution in [0.2, 0.25) is 0 Å². The summed E-state index contributed by atoms with van der Waals surface area (Å²) in [6.45, 7) is 6.88. The molecule has 3 aliphatic heterocycles. The molecule has 0 unspecified atom stereocenters. The minimum absolute atomic E-state index is 0.251. The van der Waals surface area contributed by atoms with Crippen LogP contribution in [-0.4, -0.2) is 52.6 Å². The van der Waals surface area contributed by atoms with E-state index in [-0.39, 0.29) is 5.56 Å². The Balaban J connectivity index is 1.31. The molecule has 0 N–H and O–H groups in total. The maximum atomic E-state index is 13.3. The lowest BCUT2D eigenvalue weighted by molar-refractivity contribution is 0.114. The first-order chi connectivity index (χ1) is 14.7. The predicted molar refractivity (Wildman–Crippen MR) is 117 cm³/mol. The number of hydrogen-bond donors (Lipinski definition) is 0. The monoisotopic (exact) mass is 408 g/mol. The van der Waals surface area contributed by atoms with Crippen LogP contribution >= 0.6 is 0 Å². The summed E-state index contributed by atoms with van der Waals surface area (Å²) in [6, 6.07) is 8.37. The Hall–Kier alpha value is -2.18. The van der Waals surface area contributed by atoms with Gasteiger partial charge in [-0.2, -0.15) is 0 Å². The van der Waals surface area contributed by atoms with E-state index in [9.17, 15) is 4.79 Å². The molecular formula is C24H32N4O2. The summed E-state index contributed by atoms with van der Waals surface area (Å²) < 4.78 is 7.27. The number of methoxy groups -OCH3 is 1. The quantitative estimate of drug-likeness (QED) is 0.762. The molecule has 0 saturated carbocycles. The molecule has 2 saturated heterocycles. The molecule has 30 heavy (non-hydrogen) atoms. The molecule has 0 spiro atoms. The van der Waals surface area contributed by atoms with E-state index >= 15 is 0 Å². The number of hydrogen-bond acceptors (Lipinski definition) is 5. The first-order valence-electron chi connectivity index (χ1n) is 11.4. The smallest absolute Gasteiger partial charge is 0.255 e. The topological polar surface area (TPSA) is 50.6 Å². The van der Waals surface area contributed by atoms with Gasteiger partial charge in [0.25, 0.3) is 5.56 Å². The third kappa shape index (κ3) is 4.03. The van der Waals surface area contributed by atoms with Gasteiger partial charge in [-0.15, -0.1) is 0 Å². The van der Waals surface area contributed by atoms with Crippen molar-refractivity contribution < 1.29 is 4.74 Å². The van der Waals surface area contributed by atoms with Gasteiger partial charge < -0.3 is 9.30 Å². The zero-order valence-electron chi connectivity index (χ0n) is 17.9. The lowest BCUT2D eigenvalue weighted by Crippen LogP contribution is -2.47. The molecule has 5 rings (SSSR count). The van der Waals surface area contributed by atoms with Crippen molar-refractivity contribution in [3.63, 3.8) is 0 Å². The van der Waals surface area contributed by atoms with Crippen molar-refractivity contribution in [1.82, 2.24) is 19.4 Å². The van der Waals surface area contributed by atoms with Crippen LogP contribution in [0.5, 0.6) is 5.88 Å². The number of pyridine rings is 2. The van der Waals surface area contributed by atoms with Crippen LogP contribution in [0, 0.1) is 5.92 Å². The highest BCUT2D eigenvalue weighted by molar-refractivity contribution is 5.23. The van der Waals surface area contributed by atoms with Gasteiger partial charge in [0.05, 0.1) is 7.11 Å². The third-order valence-electron chi connectivity index (χ3n) is 7.01. The Bertz CT molecular complexity index is 933. The second kappa shape index (κ2) is 8.52. The number of likely N-dealkylation sites (tertiary alicyclic amines) is 2. The van der Waals surface area contributed by atoms with Crippen molar-refractivity contribution in [1.29, 1.82) is 0 Å². The number of aromatic nitrogens is 2. The van der Waals surface area contributed by atoms with Crippen LogP contribution in [0.3, 0.4) is 0 Å². The van der Waals surface area contributed by atoms with E-state index in [1.807, 2.05) is 12.3 Å². The maximum absolute atomic E-state index is 13.3. The summed E-state index contributed by atoms with van der Waals surface area (Å²) in [5, 5.41) is 0. The molecule has 2 bridgehead atoms. The average Bonchev–Trinajstić information content (AvgIpc) is 2.77. The number of fused-ring (bicyclic) bond motifs is 4. The van der Waals surface area contributed by atoms with E-state index in [1.54, 1.807) is 7.11 Å². The number of rotatable bonds is 5. The molecule has 2 aromatic heterocycles. The second-order valence-electron chi connectivity index (χ2n) is 9.24. The molecule has 0 amide bonds. The van der Waals surface area contributed by atoms with E-state index in [2.05, 4.69) is 37.5 Å². The first kappa shape index (κ1) is 19.8. The minimum Gasteiger partial charge on any atom is -0.481 e. The molecule has 0 radical (unpaired) electrons. The molecule has 0 aromatic carbocycles. The molecule has 6 nitrogen and oxygen atoms in total. The molecule has 6 heteroatoms. The van der Waals surface area contributed by atoms with Gasteiger partial charge in [-0.05, 0) is 49.9 Å². The van der Waals surface area contributed by atoms with E-state index in [0.717, 1.165) is 51.4 Å². The Labute approximate surface area is 178 Å². The Morgan fingerprint density at radius 3 is 2.63 bits per heavy atom. The Morgan fingerprint density at radius 1 is 1.00 bits per heavy atom. The summed E-state index contributed by atoms with van der Waals surface area (Å²) in [4.78, 5) is 22.6. The largest absolute Gasteiger partial charge is 0.481 e. The molecular weight excluding hydrogens is 376 g/mol. The van der Waals surface area contributed by atoms with Crippen molar-refractivity contribution in [3.8, 4) is 5.88 Å². The van der Waals surface area contributed by atoms with Crippen molar-refractivity contribution in [2.45, 2.75) is 51.2 Å². The van der Waals surface area contributed by atoms with Crippen molar-refractivity contribution in [2.75, 3.05) is 33.3 Å². The predicted octanol–water partition coefficient (Wildman–Crippen LogP) is 2.86. The van der Waals surface area contributed by atoms with Crippen LogP contribution in [0.25, 0.3) is 0 Å². The van der Waals surface area contributed by atoms with Crippen molar-refractivity contribution >= 4 is 0 Å². The number of ether oxygens (including phenoxy) is 1. The van der Waals surface area contributed by atoms with Gasteiger partial charge in [-0.3, -0.25) is 14.6 Å². The van der Waals surface area contributed by atoms with Gasteiger partial charge in [-0.25, -0.2) is 4.98 Å². The van der Waals surface area contributed by atoms with Crippen LogP contribution in [0.1, 0.15) is 48.4 Å². The fourth-order valence-electron chi connectivity index (χ4n) is 5.58. The first-order valence-corrected chi connectivity index (χ1v) is 11.4. The molecule has 5 heterocycles. The van der Waals surface area contributed by atoms with Gasteiger partial charge in [-0.1, -0.05) is 18.6 Å². The lowest BCUT2D eigenvalue weighted by Gasteiger charge is -2.43. The molecule has 0 aliphatic carbocycles. The van der Waals surface area contributed by atoms with E-state index in [1.165, 1.54) is 36.9 Å². The van der Waals surface area contributed by atoms with Gasteiger partial charge in [0, 0.05) is 62.2 Å². The summed E-state index contributed by atoms with van der Waals surface area (Å²) >= 11 is 0. The Morgan fingerprint density at radius 2 is 1.87 bits per heavy atom. The van der Waals surface area contributed by atoms with E-state index in [0.29, 0.717) is 17.7 Å². The highest BCUT2D eigenvalue weighted by Gasteiger charge is 2.35. The number of nitrogens with zero attached hydrogens (tertiary/aromatic N) is 4. The molecule has 2 fully saturated rings. The van der Waals surface area contributed by atoms with Gasteiger partial charge in [0.15, 0.2) is 0 Å². The highest BCUT2D eigenvalue weighted by Crippen LogP contribution is 2.35. The van der Waals surface area contributed by atoms with Crippen molar-refractivity contribution in [3.05, 3.63) is 57.6 Å².